The summed E-state index contributed by atoms with van der Waals surface area (Å²) in [6, 6.07) is 9.25. The number of carbonyl (C=O) groups is 1. The normalized spacial score (nSPS) is 10.2. The lowest BCUT2D eigenvalue weighted by molar-refractivity contribution is 0.0949. The number of hydrogen-bond acceptors (Lipinski definition) is 3. The van der Waals surface area contributed by atoms with Crippen LogP contribution in [0.4, 0.5) is 0 Å². The highest BCUT2D eigenvalue weighted by molar-refractivity contribution is 9.10. The Labute approximate surface area is 164 Å². The van der Waals surface area contributed by atoms with E-state index in [0.717, 1.165) is 11.1 Å². The molecule has 2 N–H and O–H groups in total. The van der Waals surface area contributed by atoms with Crippen LogP contribution in [0.2, 0.25) is 5.02 Å². The minimum atomic E-state index is -0.505. The van der Waals surface area contributed by atoms with E-state index in [1.807, 2.05) is 45.0 Å². The summed E-state index contributed by atoms with van der Waals surface area (Å²) in [6.07, 6.45) is 1.50. The average Bonchev–Trinajstić information content (AvgIpc) is 2.65. The molecule has 5 nitrogen and oxygen atoms in total. The highest BCUT2D eigenvalue weighted by Crippen LogP contribution is 2.28. The molecule has 26 heavy (non-hydrogen) atoms. The molecular formula is C19H19BrClN3O2. The first kappa shape index (κ1) is 20.1. The Bertz CT molecular complexity index is 984. The summed E-state index contributed by atoms with van der Waals surface area (Å²) < 4.78 is 0.592. The predicted octanol–water partition coefficient (Wildman–Crippen LogP) is 4.60. The van der Waals surface area contributed by atoms with Crippen molar-refractivity contribution in [3.8, 4) is 0 Å². The van der Waals surface area contributed by atoms with Crippen LogP contribution in [-0.4, -0.2) is 15.9 Å². The second kappa shape index (κ2) is 8.96. The molecule has 0 spiro atoms. The molecule has 1 aromatic carbocycles. The second-order valence-electron chi connectivity index (χ2n) is 5.36. The van der Waals surface area contributed by atoms with Gasteiger partial charge < -0.3 is 10.3 Å². The zero-order valence-electron chi connectivity index (χ0n) is 14.7. The fourth-order valence-corrected chi connectivity index (χ4v) is 2.76. The van der Waals surface area contributed by atoms with Crippen molar-refractivity contribution >= 4 is 44.5 Å². The van der Waals surface area contributed by atoms with Crippen molar-refractivity contribution in [2.45, 2.75) is 27.3 Å². The average molecular weight is 437 g/mol. The van der Waals surface area contributed by atoms with Gasteiger partial charge in [-0.2, -0.15) is 0 Å². The Kier molecular flexibility index (Phi) is 6.94. The number of rotatable bonds is 3. The van der Waals surface area contributed by atoms with Crippen LogP contribution < -0.4 is 10.9 Å². The Morgan fingerprint density at radius 2 is 1.92 bits per heavy atom. The number of amides is 1. The number of pyridine rings is 2. The van der Waals surface area contributed by atoms with Crippen LogP contribution in [0.25, 0.3) is 11.0 Å². The van der Waals surface area contributed by atoms with Gasteiger partial charge >= 0.3 is 0 Å². The topological polar surface area (TPSA) is 74.8 Å². The maximum absolute atomic E-state index is 12.3. The minimum Gasteiger partial charge on any atom is -0.348 e. The third-order valence-corrected chi connectivity index (χ3v) is 4.83. The zero-order valence-corrected chi connectivity index (χ0v) is 17.0. The van der Waals surface area contributed by atoms with Gasteiger partial charge in [0.2, 0.25) is 0 Å². The van der Waals surface area contributed by atoms with E-state index in [-0.39, 0.29) is 5.56 Å². The SMILES string of the molecule is CC.Cc1ccc(CNC(=O)c2cc3c(Cl)c(Br)cnc3[nH]c2=O)cc1. The number of fused-ring (bicyclic) bond motifs is 1. The molecule has 3 rings (SSSR count). The number of aromatic amines is 1. The van der Waals surface area contributed by atoms with Crippen molar-refractivity contribution in [2.75, 3.05) is 0 Å². The summed E-state index contributed by atoms with van der Waals surface area (Å²) in [4.78, 5) is 31.1. The maximum atomic E-state index is 12.3. The number of H-pyrrole nitrogens is 1. The van der Waals surface area contributed by atoms with Crippen molar-refractivity contribution in [1.29, 1.82) is 0 Å². The summed E-state index contributed by atoms with van der Waals surface area (Å²) in [7, 11) is 0. The molecule has 0 aliphatic rings. The molecule has 2 aromatic heterocycles. The molecule has 0 fully saturated rings. The van der Waals surface area contributed by atoms with Crippen LogP contribution in [0.1, 0.15) is 35.3 Å². The van der Waals surface area contributed by atoms with Gasteiger partial charge in [0.25, 0.3) is 11.5 Å². The van der Waals surface area contributed by atoms with Crippen LogP contribution >= 0.6 is 27.5 Å². The molecule has 0 saturated heterocycles. The fraction of sp³-hybridized carbons (Fsp3) is 0.211. The summed E-state index contributed by atoms with van der Waals surface area (Å²) in [6.45, 7) is 6.33. The van der Waals surface area contributed by atoms with Gasteiger partial charge in [-0.15, -0.1) is 0 Å². The Hall–Kier alpha value is -2.18. The number of nitrogens with one attached hydrogen (secondary N) is 2. The van der Waals surface area contributed by atoms with E-state index in [2.05, 4.69) is 31.2 Å². The fourth-order valence-electron chi connectivity index (χ4n) is 2.25. The Balaban J connectivity index is 0.00000117. The van der Waals surface area contributed by atoms with E-state index in [9.17, 15) is 9.59 Å². The molecule has 2 heterocycles. The molecule has 0 unspecified atom stereocenters. The van der Waals surface area contributed by atoms with Crippen LogP contribution in [0.3, 0.4) is 0 Å². The first-order valence-corrected chi connectivity index (χ1v) is 9.33. The van der Waals surface area contributed by atoms with Crippen molar-refractivity contribution in [3.05, 3.63) is 73.1 Å². The van der Waals surface area contributed by atoms with Gasteiger partial charge in [0.15, 0.2) is 0 Å². The molecule has 0 radical (unpaired) electrons. The van der Waals surface area contributed by atoms with Gasteiger partial charge in [-0.25, -0.2) is 4.98 Å². The maximum Gasteiger partial charge on any atom is 0.262 e. The number of halogens is 2. The van der Waals surface area contributed by atoms with Crippen LogP contribution in [0.15, 0.2) is 45.8 Å². The van der Waals surface area contributed by atoms with Crippen molar-refractivity contribution in [1.82, 2.24) is 15.3 Å². The molecule has 1 amide bonds. The van der Waals surface area contributed by atoms with Crippen molar-refractivity contribution in [3.63, 3.8) is 0 Å². The zero-order chi connectivity index (χ0) is 19.3. The van der Waals surface area contributed by atoms with E-state index < -0.39 is 11.5 Å². The third-order valence-electron chi connectivity index (χ3n) is 3.59. The molecule has 0 bridgehead atoms. The van der Waals surface area contributed by atoms with Crippen LogP contribution in [0, 0.1) is 6.92 Å². The molecule has 7 heteroatoms. The van der Waals surface area contributed by atoms with Gasteiger partial charge in [0.1, 0.15) is 11.2 Å². The van der Waals surface area contributed by atoms with E-state index in [4.69, 9.17) is 11.6 Å². The lowest BCUT2D eigenvalue weighted by Crippen LogP contribution is -2.29. The summed E-state index contributed by atoms with van der Waals surface area (Å²) in [5.74, 6) is -0.463. The van der Waals surface area contributed by atoms with Crippen LogP contribution in [-0.2, 0) is 6.54 Å². The number of carbonyl (C=O) groups excluding carboxylic acids is 1. The smallest absolute Gasteiger partial charge is 0.262 e. The van der Waals surface area contributed by atoms with E-state index in [1.54, 1.807) is 0 Å². The quantitative estimate of drug-likeness (QED) is 0.630. The first-order valence-electron chi connectivity index (χ1n) is 8.16. The molecule has 136 valence electrons. The molecule has 0 atom stereocenters. The number of aromatic nitrogens is 2. The monoisotopic (exact) mass is 435 g/mol. The molecule has 3 aromatic rings. The molecular weight excluding hydrogens is 418 g/mol. The van der Waals surface area contributed by atoms with E-state index in [1.165, 1.54) is 12.3 Å². The largest absolute Gasteiger partial charge is 0.348 e. The van der Waals surface area contributed by atoms with Gasteiger partial charge in [-0.05, 0) is 34.5 Å². The highest BCUT2D eigenvalue weighted by atomic mass is 79.9. The number of benzene rings is 1. The second-order valence-corrected chi connectivity index (χ2v) is 6.60. The van der Waals surface area contributed by atoms with E-state index in [0.29, 0.717) is 27.1 Å². The summed E-state index contributed by atoms with van der Waals surface area (Å²) >= 11 is 9.48. The number of hydrogen-bond donors (Lipinski definition) is 2. The third kappa shape index (κ3) is 4.51. The lowest BCUT2D eigenvalue weighted by atomic mass is 10.1. The van der Waals surface area contributed by atoms with Gasteiger partial charge in [0, 0.05) is 18.1 Å². The summed E-state index contributed by atoms with van der Waals surface area (Å²) in [5.41, 5.74) is 1.92. The first-order chi connectivity index (χ1) is 12.5. The standard InChI is InChI=1S/C17H13BrClN3O2.C2H6/c1-9-2-4-10(5-3-9)7-21-16(23)12-6-11-14(19)13(18)8-20-15(11)22-17(12)24;1-2/h2-6,8H,7H2,1H3,(H,21,23)(H,20,22,24);1-2H3. The van der Waals surface area contributed by atoms with Crippen molar-refractivity contribution in [2.24, 2.45) is 0 Å². The lowest BCUT2D eigenvalue weighted by Gasteiger charge is -2.07. The molecule has 0 aliphatic carbocycles. The van der Waals surface area contributed by atoms with Gasteiger partial charge in [0.05, 0.1) is 9.50 Å². The van der Waals surface area contributed by atoms with Gasteiger partial charge in [-0.1, -0.05) is 55.3 Å². The minimum absolute atomic E-state index is 0.00332. The van der Waals surface area contributed by atoms with Crippen molar-refractivity contribution < 1.29 is 4.79 Å². The summed E-state index contributed by atoms with van der Waals surface area (Å²) in [5, 5.41) is 3.64. The number of aryl methyl sites for hydroxylation is 1. The van der Waals surface area contributed by atoms with Gasteiger partial charge in [-0.3, -0.25) is 9.59 Å². The molecule has 0 aliphatic heterocycles. The molecule has 0 saturated carbocycles. The predicted molar refractivity (Wildman–Crippen MR) is 109 cm³/mol. The Morgan fingerprint density at radius 3 is 2.58 bits per heavy atom. The number of nitrogens with zero attached hydrogens (tertiary/aromatic N) is 1. The van der Waals surface area contributed by atoms with Crippen LogP contribution in [0.5, 0.6) is 0 Å². The highest BCUT2D eigenvalue weighted by Gasteiger charge is 2.14. The Morgan fingerprint density at radius 1 is 1.27 bits per heavy atom. The van der Waals surface area contributed by atoms with E-state index >= 15 is 0 Å².